The first kappa shape index (κ1) is 28.8. The van der Waals surface area contributed by atoms with Crippen LogP contribution in [-0.4, -0.2) is 64.1 Å². The van der Waals surface area contributed by atoms with Crippen molar-refractivity contribution in [3.63, 3.8) is 0 Å². The minimum Gasteiger partial charge on any atom is -0.508 e. The number of phenolic OH excluding ortho intramolecular Hbond substituents is 2. The molecule has 1 saturated carbocycles. The van der Waals surface area contributed by atoms with Gasteiger partial charge in [0.15, 0.2) is 34.6 Å². The van der Waals surface area contributed by atoms with E-state index in [1.54, 1.807) is 36.4 Å². The molecule has 0 radical (unpaired) electrons. The van der Waals surface area contributed by atoms with Gasteiger partial charge >= 0.3 is 0 Å². The summed E-state index contributed by atoms with van der Waals surface area (Å²) in [4.78, 5) is 31.1. The van der Waals surface area contributed by atoms with Gasteiger partial charge in [-0.15, -0.1) is 0 Å². The number of fused-ring (bicyclic) bond motifs is 3. The number of rotatable bonds is 7. The van der Waals surface area contributed by atoms with E-state index in [2.05, 4.69) is 11.0 Å². The van der Waals surface area contributed by atoms with Crippen molar-refractivity contribution in [1.82, 2.24) is 4.90 Å². The van der Waals surface area contributed by atoms with Crippen LogP contribution in [0, 0.1) is 17.8 Å². The number of carbonyl (C=O) groups excluding carboxylic acids is 2. The van der Waals surface area contributed by atoms with Crippen molar-refractivity contribution in [2.24, 2.45) is 17.8 Å². The topological polar surface area (TPSA) is 117 Å². The minimum absolute atomic E-state index is 0.0107. The lowest BCUT2D eigenvalue weighted by atomic mass is 9.70. The Labute approximate surface area is 251 Å². The molecule has 0 amide bonds. The van der Waals surface area contributed by atoms with E-state index in [9.17, 15) is 24.9 Å². The van der Waals surface area contributed by atoms with Crippen molar-refractivity contribution < 1.29 is 34.4 Å². The number of allylic oxidation sites excluding steroid dienone is 6. The van der Waals surface area contributed by atoms with E-state index in [-0.39, 0.29) is 52.5 Å². The van der Waals surface area contributed by atoms with Crippen molar-refractivity contribution in [2.75, 3.05) is 20.8 Å². The second-order valence-corrected chi connectivity index (χ2v) is 11.9. The Morgan fingerprint density at radius 3 is 2.53 bits per heavy atom. The Hall–Kier alpha value is -4.30. The summed E-state index contributed by atoms with van der Waals surface area (Å²) in [5, 5.41) is 31.4. The lowest BCUT2D eigenvalue weighted by Gasteiger charge is -2.42. The Balaban J connectivity index is 1.42. The van der Waals surface area contributed by atoms with E-state index in [1.165, 1.54) is 32.4 Å². The average Bonchev–Trinajstić information content (AvgIpc) is 3.48. The van der Waals surface area contributed by atoms with Crippen LogP contribution in [0.25, 0.3) is 6.08 Å². The maximum atomic E-state index is 14.5. The van der Waals surface area contributed by atoms with Crippen molar-refractivity contribution in [3.8, 4) is 23.0 Å². The summed E-state index contributed by atoms with van der Waals surface area (Å²) < 4.78 is 10.5. The van der Waals surface area contributed by atoms with E-state index >= 15 is 0 Å². The highest BCUT2D eigenvalue weighted by molar-refractivity contribution is 6.01. The summed E-state index contributed by atoms with van der Waals surface area (Å²) in [6.45, 7) is 0.718. The van der Waals surface area contributed by atoms with Gasteiger partial charge in [-0.3, -0.25) is 14.5 Å². The Bertz CT molecular complexity index is 1560. The molecule has 1 spiro atoms. The highest BCUT2D eigenvalue weighted by atomic mass is 16.5. The van der Waals surface area contributed by atoms with Gasteiger partial charge in [0.2, 0.25) is 0 Å². The zero-order chi connectivity index (χ0) is 30.3. The van der Waals surface area contributed by atoms with Gasteiger partial charge in [-0.2, -0.15) is 0 Å². The van der Waals surface area contributed by atoms with Gasteiger partial charge in [-0.1, -0.05) is 48.9 Å². The highest BCUT2D eigenvalue weighted by Gasteiger charge is 2.68. The third-order valence-electron chi connectivity index (χ3n) is 9.71. The second kappa shape index (κ2) is 11.4. The van der Waals surface area contributed by atoms with Crippen LogP contribution in [-0.2, 0) is 9.59 Å². The molecule has 0 bridgehead atoms. The van der Waals surface area contributed by atoms with Gasteiger partial charge in [0.1, 0.15) is 5.76 Å². The monoisotopic (exact) mass is 583 g/mol. The minimum atomic E-state index is -0.901. The summed E-state index contributed by atoms with van der Waals surface area (Å²) in [7, 11) is 2.95. The van der Waals surface area contributed by atoms with Crippen LogP contribution in [0.1, 0.15) is 42.7 Å². The molecule has 6 unspecified atom stereocenters. The summed E-state index contributed by atoms with van der Waals surface area (Å²) in [5.74, 6) is -1.05. The van der Waals surface area contributed by atoms with Crippen molar-refractivity contribution >= 4 is 17.6 Å². The number of aliphatic hydroxyl groups is 1. The molecule has 2 aliphatic carbocycles. The molecule has 2 saturated heterocycles. The van der Waals surface area contributed by atoms with E-state index in [0.717, 1.165) is 31.4 Å². The first-order valence-corrected chi connectivity index (χ1v) is 14.8. The van der Waals surface area contributed by atoms with E-state index in [0.29, 0.717) is 17.7 Å². The number of piperidine rings is 1. The Kier molecular flexibility index (Phi) is 7.65. The maximum Gasteiger partial charge on any atom is 0.164 e. The lowest BCUT2D eigenvalue weighted by molar-refractivity contribution is -0.130. The third-order valence-corrected chi connectivity index (χ3v) is 9.71. The van der Waals surface area contributed by atoms with Gasteiger partial charge in [0.25, 0.3) is 0 Å². The van der Waals surface area contributed by atoms with E-state index in [4.69, 9.17) is 9.47 Å². The largest absolute Gasteiger partial charge is 0.508 e. The second-order valence-electron chi connectivity index (χ2n) is 11.9. The van der Waals surface area contributed by atoms with Crippen LogP contribution < -0.4 is 9.47 Å². The number of aromatic hydroxyl groups is 2. The van der Waals surface area contributed by atoms with Crippen molar-refractivity contribution in [2.45, 2.75) is 43.2 Å². The van der Waals surface area contributed by atoms with Crippen molar-refractivity contribution in [1.29, 1.82) is 0 Å². The van der Waals surface area contributed by atoms with Crippen LogP contribution in [0.2, 0.25) is 0 Å². The number of aliphatic hydroxyl groups excluding tert-OH is 1. The van der Waals surface area contributed by atoms with Crippen molar-refractivity contribution in [3.05, 3.63) is 89.7 Å². The number of methoxy groups -OCH3 is 2. The van der Waals surface area contributed by atoms with E-state index in [1.807, 2.05) is 18.2 Å². The van der Waals surface area contributed by atoms with Crippen LogP contribution >= 0.6 is 0 Å². The molecule has 43 heavy (non-hydrogen) atoms. The third kappa shape index (κ3) is 4.83. The fraction of sp³-hybridized carbons (Fsp3) is 0.371. The van der Waals surface area contributed by atoms with Gasteiger partial charge in [-0.05, 0) is 73.2 Å². The molecule has 4 aliphatic rings. The number of nitrogens with zero attached hydrogens (tertiary/aromatic N) is 1. The average molecular weight is 584 g/mol. The standard InChI is InChI=1S/C35H37NO7/c1-42-30-15-11-21(17-28(30)39)10-13-24(37)19-29(40)32-26-9-5-6-16-36(26)35(20-23-7-3-4-8-25(23)34(35)41)33(32)22-12-14-27(38)31(18-22)43-2/h3-4,7-8,10-15,17-19,23,25-26,32-33,37-39H,5-6,9,16,20H2,1-2H3/b13-10+,24-19-. The van der Waals surface area contributed by atoms with E-state index < -0.39 is 17.4 Å². The van der Waals surface area contributed by atoms with Gasteiger partial charge in [0, 0.05) is 29.9 Å². The van der Waals surface area contributed by atoms with Crippen LogP contribution in [0.15, 0.2) is 78.6 Å². The smallest absolute Gasteiger partial charge is 0.164 e. The number of hydrogen-bond acceptors (Lipinski definition) is 8. The molecule has 6 rings (SSSR count). The molecule has 8 nitrogen and oxygen atoms in total. The molecule has 0 aromatic heterocycles. The quantitative estimate of drug-likeness (QED) is 0.223. The lowest BCUT2D eigenvalue weighted by Crippen LogP contribution is -2.55. The summed E-state index contributed by atoms with van der Waals surface area (Å²) in [5.41, 5.74) is 0.486. The summed E-state index contributed by atoms with van der Waals surface area (Å²) >= 11 is 0. The van der Waals surface area contributed by atoms with Crippen LogP contribution in [0.3, 0.4) is 0 Å². The number of ether oxygens (including phenoxy) is 2. The highest BCUT2D eigenvalue weighted by Crippen LogP contribution is 2.60. The van der Waals surface area contributed by atoms with Gasteiger partial charge in [0.05, 0.1) is 19.8 Å². The first-order valence-electron chi connectivity index (χ1n) is 14.8. The normalized spacial score (nSPS) is 30.1. The van der Waals surface area contributed by atoms with Gasteiger partial charge in [-0.25, -0.2) is 0 Å². The molecular weight excluding hydrogens is 546 g/mol. The zero-order valence-corrected chi connectivity index (χ0v) is 24.3. The fourth-order valence-corrected chi connectivity index (χ4v) is 7.95. The summed E-state index contributed by atoms with van der Waals surface area (Å²) in [6, 6.07) is 9.79. The number of Topliss-reactive ketones (excluding diaryl/α,β-unsaturated/α-hetero) is 1. The number of ketones is 2. The predicted octanol–water partition coefficient (Wildman–Crippen LogP) is 5.48. The summed E-state index contributed by atoms with van der Waals surface area (Å²) in [6.07, 6.45) is 15.6. The first-order chi connectivity index (χ1) is 20.8. The number of phenols is 2. The Morgan fingerprint density at radius 1 is 1.00 bits per heavy atom. The number of benzene rings is 2. The predicted molar refractivity (Wildman–Crippen MR) is 162 cm³/mol. The molecule has 2 heterocycles. The molecule has 3 fully saturated rings. The number of carbonyl (C=O) groups is 2. The number of hydrogen-bond donors (Lipinski definition) is 3. The molecule has 3 N–H and O–H groups in total. The molecule has 224 valence electrons. The molecule has 8 heteroatoms. The van der Waals surface area contributed by atoms with Crippen LogP contribution in [0.4, 0.5) is 0 Å². The van der Waals surface area contributed by atoms with Gasteiger partial charge < -0.3 is 24.8 Å². The fourth-order valence-electron chi connectivity index (χ4n) is 7.95. The zero-order valence-electron chi connectivity index (χ0n) is 24.3. The molecule has 2 aromatic carbocycles. The molecular formula is C35H37NO7. The van der Waals surface area contributed by atoms with Crippen LogP contribution in [0.5, 0.6) is 23.0 Å². The SMILES string of the molecule is COc1ccc(/C=C/C(O)=C/C(=O)C2C3CCCCN3C3(CC4C=CC=CC4C3=O)C2c2ccc(O)c(OC)c2)cc1O. The Morgan fingerprint density at radius 2 is 1.79 bits per heavy atom. The molecule has 2 aliphatic heterocycles. The molecule has 2 aromatic rings. The maximum absolute atomic E-state index is 14.5. The molecule has 6 atom stereocenters.